The fourth-order valence-corrected chi connectivity index (χ4v) is 3.69. The molecule has 1 unspecified atom stereocenters. The largest absolute Gasteiger partial charge is 0.491 e. The van der Waals surface area contributed by atoms with Crippen molar-refractivity contribution in [1.29, 1.82) is 0 Å². The number of aromatic nitrogens is 1. The molecule has 2 aromatic carbocycles. The minimum Gasteiger partial charge on any atom is -0.491 e. The van der Waals surface area contributed by atoms with E-state index in [-0.39, 0.29) is 30.1 Å². The number of aliphatic imine (C=N–C) groups is 1. The summed E-state index contributed by atoms with van der Waals surface area (Å²) in [7, 11) is 0. The van der Waals surface area contributed by atoms with Crippen LogP contribution in [-0.2, 0) is 6.54 Å². The maximum absolute atomic E-state index is 10.5. The molecule has 6 nitrogen and oxygen atoms in total. The third-order valence-corrected chi connectivity index (χ3v) is 5.27. The average Bonchev–Trinajstić information content (AvgIpc) is 3.25. The van der Waals surface area contributed by atoms with Crippen LogP contribution < -0.4 is 15.4 Å². The summed E-state index contributed by atoms with van der Waals surface area (Å²) in [6, 6.07) is 17.6. The lowest BCUT2D eigenvalue weighted by atomic mass is 10.1. The molecule has 0 saturated heterocycles. The number of nitrogens with one attached hydrogen (secondary N) is 2. The molecule has 0 aliphatic carbocycles. The molecule has 0 saturated carbocycles. The third kappa shape index (κ3) is 8.07. The Bertz CT molecular complexity index is 962. The van der Waals surface area contributed by atoms with Gasteiger partial charge in [-0.2, -0.15) is 0 Å². The fourth-order valence-electron chi connectivity index (χ4n) is 2.97. The molecular weight excluding hydrogens is 535 g/mol. The zero-order valence-corrected chi connectivity index (χ0v) is 21.8. The highest BCUT2D eigenvalue weighted by atomic mass is 127. The number of aliphatic hydroxyl groups is 1. The summed E-state index contributed by atoms with van der Waals surface area (Å²) in [4.78, 5) is 9.29. The Hall–Kier alpha value is -2.17. The molecule has 0 bridgehead atoms. The average molecular weight is 567 g/mol. The van der Waals surface area contributed by atoms with Crippen molar-refractivity contribution in [3.63, 3.8) is 0 Å². The van der Waals surface area contributed by atoms with Crippen LogP contribution in [0.5, 0.6) is 5.75 Å². The number of benzene rings is 2. The highest BCUT2D eigenvalue weighted by molar-refractivity contribution is 14.0. The predicted octanol–water partition coefficient (Wildman–Crippen LogP) is 5.00. The van der Waals surface area contributed by atoms with Crippen molar-refractivity contribution >= 4 is 41.3 Å². The Labute approximate surface area is 211 Å². The first-order valence-electron chi connectivity index (χ1n) is 10.5. The second kappa shape index (κ2) is 13.4. The molecule has 1 heterocycles. The van der Waals surface area contributed by atoms with Crippen LogP contribution in [0, 0.1) is 0 Å². The Kier molecular flexibility index (Phi) is 10.9. The Morgan fingerprint density at radius 2 is 1.81 bits per heavy atom. The van der Waals surface area contributed by atoms with Crippen LogP contribution >= 0.6 is 35.3 Å². The van der Waals surface area contributed by atoms with Gasteiger partial charge < -0.3 is 20.5 Å². The molecule has 1 aromatic heterocycles. The van der Waals surface area contributed by atoms with E-state index in [1.165, 1.54) is 0 Å². The molecule has 0 amide bonds. The fraction of sp³-hybridized carbons (Fsp3) is 0.333. The molecule has 3 rings (SSSR count). The lowest BCUT2D eigenvalue weighted by Gasteiger charge is -2.16. The van der Waals surface area contributed by atoms with Gasteiger partial charge in [0.2, 0.25) is 0 Å². The van der Waals surface area contributed by atoms with Gasteiger partial charge in [0.05, 0.1) is 24.4 Å². The van der Waals surface area contributed by atoms with E-state index in [2.05, 4.69) is 38.1 Å². The summed E-state index contributed by atoms with van der Waals surface area (Å²) >= 11 is 1.60. The van der Waals surface area contributed by atoms with Gasteiger partial charge in [0.1, 0.15) is 10.8 Å². The number of thiazole rings is 1. The van der Waals surface area contributed by atoms with E-state index in [1.807, 2.05) is 63.2 Å². The molecule has 0 aliphatic heterocycles. The molecule has 8 heteroatoms. The molecule has 32 heavy (non-hydrogen) atoms. The highest BCUT2D eigenvalue weighted by Gasteiger charge is 2.10. The third-order valence-electron chi connectivity index (χ3n) is 4.44. The monoisotopic (exact) mass is 566 g/mol. The molecule has 0 aliphatic rings. The van der Waals surface area contributed by atoms with Gasteiger partial charge in [-0.05, 0) is 38.5 Å². The number of ether oxygens (including phenoxy) is 1. The first kappa shape index (κ1) is 26.1. The number of nitrogens with zero attached hydrogens (tertiary/aromatic N) is 2. The van der Waals surface area contributed by atoms with E-state index in [9.17, 15) is 5.11 Å². The Morgan fingerprint density at radius 3 is 2.47 bits per heavy atom. The predicted molar refractivity (Wildman–Crippen MR) is 143 cm³/mol. The van der Waals surface area contributed by atoms with Crippen molar-refractivity contribution < 1.29 is 9.84 Å². The van der Waals surface area contributed by atoms with Gasteiger partial charge in [-0.15, -0.1) is 35.3 Å². The van der Waals surface area contributed by atoms with E-state index in [4.69, 9.17) is 4.74 Å². The number of hydrogen-bond acceptors (Lipinski definition) is 5. The smallest absolute Gasteiger partial charge is 0.191 e. The first-order valence-corrected chi connectivity index (χ1v) is 11.4. The number of hydrogen-bond donors (Lipinski definition) is 3. The van der Waals surface area contributed by atoms with Crippen LogP contribution in [0.25, 0.3) is 11.3 Å². The number of rotatable bonds is 9. The van der Waals surface area contributed by atoms with Crippen molar-refractivity contribution in [2.24, 2.45) is 4.99 Å². The second-order valence-corrected chi connectivity index (χ2v) is 8.26. The lowest BCUT2D eigenvalue weighted by molar-refractivity contribution is 0.180. The molecule has 0 fully saturated rings. The lowest BCUT2D eigenvalue weighted by Crippen LogP contribution is -2.39. The van der Waals surface area contributed by atoms with Gasteiger partial charge in [-0.3, -0.25) is 0 Å². The molecule has 1 atom stereocenters. The van der Waals surface area contributed by atoms with Crippen molar-refractivity contribution in [1.82, 2.24) is 15.6 Å². The number of halogens is 1. The minimum atomic E-state index is -0.651. The summed E-state index contributed by atoms with van der Waals surface area (Å²) in [6.07, 6.45) is -0.528. The number of aliphatic hydroxyl groups excluding tert-OH is 1. The Balaban J connectivity index is 0.00000363. The maximum Gasteiger partial charge on any atom is 0.191 e. The zero-order chi connectivity index (χ0) is 22.1. The Morgan fingerprint density at radius 1 is 1.09 bits per heavy atom. The summed E-state index contributed by atoms with van der Waals surface area (Å²) in [6.45, 7) is 7.55. The van der Waals surface area contributed by atoms with Crippen LogP contribution in [0.2, 0.25) is 0 Å². The van der Waals surface area contributed by atoms with Gasteiger partial charge in [0, 0.05) is 24.0 Å². The SMILES string of the molecule is CCNC(=NCc1nc(-c2ccccc2)cs1)NCC(O)c1ccc(OC(C)C)cc1.I. The summed E-state index contributed by atoms with van der Waals surface area (Å²) < 4.78 is 5.65. The van der Waals surface area contributed by atoms with E-state index in [0.717, 1.165) is 34.1 Å². The van der Waals surface area contributed by atoms with Gasteiger partial charge in [0.25, 0.3) is 0 Å². The van der Waals surface area contributed by atoms with E-state index in [0.29, 0.717) is 19.0 Å². The molecular formula is C24H31IN4O2S. The van der Waals surface area contributed by atoms with Crippen LogP contribution in [0.15, 0.2) is 65.0 Å². The minimum absolute atomic E-state index is 0. The maximum atomic E-state index is 10.5. The van der Waals surface area contributed by atoms with Gasteiger partial charge >= 0.3 is 0 Å². The van der Waals surface area contributed by atoms with Crippen LogP contribution in [0.4, 0.5) is 0 Å². The van der Waals surface area contributed by atoms with Crippen LogP contribution in [0.3, 0.4) is 0 Å². The number of guanidine groups is 1. The quantitative estimate of drug-likeness (QED) is 0.193. The van der Waals surface area contributed by atoms with Crippen LogP contribution in [-0.4, -0.2) is 35.2 Å². The van der Waals surface area contributed by atoms with Crippen molar-refractivity contribution in [2.75, 3.05) is 13.1 Å². The topological polar surface area (TPSA) is 78.8 Å². The van der Waals surface area contributed by atoms with E-state index >= 15 is 0 Å². The first-order chi connectivity index (χ1) is 15.0. The van der Waals surface area contributed by atoms with Crippen molar-refractivity contribution in [3.05, 3.63) is 70.5 Å². The van der Waals surface area contributed by atoms with E-state index < -0.39 is 6.10 Å². The molecule has 172 valence electrons. The van der Waals surface area contributed by atoms with Gasteiger partial charge in [-0.1, -0.05) is 42.5 Å². The second-order valence-electron chi connectivity index (χ2n) is 7.32. The summed E-state index contributed by atoms with van der Waals surface area (Å²) in [5, 5.41) is 19.9. The molecule has 0 spiro atoms. The summed E-state index contributed by atoms with van der Waals surface area (Å²) in [5.74, 6) is 1.45. The van der Waals surface area contributed by atoms with Gasteiger partial charge in [0.15, 0.2) is 5.96 Å². The zero-order valence-electron chi connectivity index (χ0n) is 18.6. The molecule has 0 radical (unpaired) electrons. The van der Waals surface area contributed by atoms with Crippen molar-refractivity contribution in [3.8, 4) is 17.0 Å². The molecule has 3 aromatic rings. The summed E-state index contributed by atoms with van der Waals surface area (Å²) in [5.41, 5.74) is 2.90. The van der Waals surface area contributed by atoms with E-state index in [1.54, 1.807) is 11.3 Å². The van der Waals surface area contributed by atoms with Gasteiger partial charge in [-0.25, -0.2) is 9.98 Å². The normalized spacial score (nSPS) is 12.2. The van der Waals surface area contributed by atoms with Crippen LogP contribution in [0.1, 0.15) is 37.4 Å². The standard InChI is InChI=1S/C24H30N4O2S.HI/c1-4-25-24(26-14-22(29)19-10-12-20(13-11-19)30-17(2)3)27-15-23-28-21(16-31-23)18-8-6-5-7-9-18;/h5-13,16-17,22,29H,4,14-15H2,1-3H3,(H2,25,26,27);1H. The molecule has 3 N–H and O–H groups in total. The van der Waals surface area contributed by atoms with Crippen molar-refractivity contribution in [2.45, 2.75) is 39.5 Å². The highest BCUT2D eigenvalue weighted by Crippen LogP contribution is 2.22.